The van der Waals surface area contributed by atoms with E-state index in [1.54, 1.807) is 45.3 Å². The molecule has 0 aliphatic carbocycles. The molecule has 15 heavy (non-hydrogen) atoms. The van der Waals surface area contributed by atoms with Crippen LogP contribution in [0.3, 0.4) is 0 Å². The van der Waals surface area contributed by atoms with Crippen LogP contribution >= 0.6 is 11.6 Å². The summed E-state index contributed by atoms with van der Waals surface area (Å²) in [5, 5.41) is 0.647. The summed E-state index contributed by atoms with van der Waals surface area (Å²) in [6, 6.07) is 6.93. The van der Waals surface area contributed by atoms with Crippen molar-refractivity contribution in [3.63, 3.8) is 0 Å². The number of carbonyl (C=O) groups excluding carboxylic acids is 1. The Morgan fingerprint density at radius 1 is 1.33 bits per heavy atom. The van der Waals surface area contributed by atoms with Crippen LogP contribution in [0.1, 0.15) is 6.92 Å². The molecule has 1 atom stereocenters. The zero-order chi connectivity index (χ0) is 11.4. The maximum absolute atomic E-state index is 11.5. The third kappa shape index (κ3) is 3.44. The molecule has 0 N–H and O–H groups in total. The Balaban J connectivity index is 2.62. The van der Waals surface area contributed by atoms with Gasteiger partial charge in [-0.15, -0.1) is 0 Å². The van der Waals surface area contributed by atoms with Crippen molar-refractivity contribution < 1.29 is 9.53 Å². The van der Waals surface area contributed by atoms with Crippen LogP contribution in [0.15, 0.2) is 24.3 Å². The molecular weight excluding hydrogens is 214 g/mol. The molecule has 0 heterocycles. The van der Waals surface area contributed by atoms with E-state index in [9.17, 15) is 4.79 Å². The predicted molar refractivity (Wildman–Crippen MR) is 60.2 cm³/mol. The number of nitrogens with zero attached hydrogens (tertiary/aromatic N) is 1. The van der Waals surface area contributed by atoms with Crippen molar-refractivity contribution in [2.45, 2.75) is 13.0 Å². The van der Waals surface area contributed by atoms with Crippen LogP contribution in [0, 0.1) is 0 Å². The summed E-state index contributed by atoms with van der Waals surface area (Å²) in [7, 11) is 3.40. The van der Waals surface area contributed by atoms with E-state index < -0.39 is 6.10 Å². The zero-order valence-electron chi connectivity index (χ0n) is 9.03. The first kappa shape index (κ1) is 11.9. The molecular formula is C11H14ClNO2. The van der Waals surface area contributed by atoms with Gasteiger partial charge < -0.3 is 9.64 Å². The van der Waals surface area contributed by atoms with Crippen LogP contribution in [0.5, 0.6) is 5.75 Å². The molecule has 0 fully saturated rings. The highest BCUT2D eigenvalue weighted by molar-refractivity contribution is 6.30. The Labute approximate surface area is 94.6 Å². The van der Waals surface area contributed by atoms with Crippen molar-refractivity contribution in [3.8, 4) is 5.75 Å². The second kappa shape index (κ2) is 5.03. The first-order valence-corrected chi connectivity index (χ1v) is 5.02. The van der Waals surface area contributed by atoms with Crippen LogP contribution in [-0.2, 0) is 4.79 Å². The molecule has 0 aromatic heterocycles. The van der Waals surface area contributed by atoms with Crippen LogP contribution in [0.2, 0.25) is 5.02 Å². The number of likely N-dealkylation sites (N-methyl/N-ethyl adjacent to an activating group) is 1. The SMILES string of the molecule is C[C@H](Oc1ccc(Cl)cc1)C(=O)N(C)C. The molecule has 1 aromatic rings. The molecule has 1 rings (SSSR count). The Hall–Kier alpha value is -1.22. The van der Waals surface area contributed by atoms with Gasteiger partial charge in [-0.25, -0.2) is 0 Å². The maximum Gasteiger partial charge on any atom is 0.262 e. The number of benzene rings is 1. The van der Waals surface area contributed by atoms with E-state index in [1.165, 1.54) is 4.90 Å². The molecule has 0 saturated carbocycles. The average molecular weight is 228 g/mol. The van der Waals surface area contributed by atoms with Gasteiger partial charge in [0.1, 0.15) is 5.75 Å². The number of amides is 1. The van der Waals surface area contributed by atoms with Gasteiger partial charge in [0.25, 0.3) is 5.91 Å². The van der Waals surface area contributed by atoms with E-state index in [4.69, 9.17) is 16.3 Å². The van der Waals surface area contributed by atoms with E-state index in [1.807, 2.05) is 0 Å². The zero-order valence-corrected chi connectivity index (χ0v) is 9.78. The number of hydrogen-bond donors (Lipinski definition) is 0. The van der Waals surface area contributed by atoms with Crippen LogP contribution in [0.4, 0.5) is 0 Å². The highest BCUT2D eigenvalue weighted by Gasteiger charge is 2.15. The lowest BCUT2D eigenvalue weighted by Gasteiger charge is -2.18. The molecule has 82 valence electrons. The first-order chi connectivity index (χ1) is 7.00. The van der Waals surface area contributed by atoms with Crippen molar-refractivity contribution in [2.24, 2.45) is 0 Å². The average Bonchev–Trinajstić information content (AvgIpc) is 2.20. The molecule has 0 unspecified atom stereocenters. The third-order valence-electron chi connectivity index (χ3n) is 1.92. The van der Waals surface area contributed by atoms with Gasteiger partial charge in [-0.05, 0) is 31.2 Å². The molecule has 3 nitrogen and oxygen atoms in total. The molecule has 0 spiro atoms. The highest BCUT2D eigenvalue weighted by Crippen LogP contribution is 2.16. The van der Waals surface area contributed by atoms with E-state index in [0.717, 1.165) is 0 Å². The molecule has 0 radical (unpaired) electrons. The van der Waals surface area contributed by atoms with Gasteiger partial charge in [-0.3, -0.25) is 4.79 Å². The minimum absolute atomic E-state index is 0.0649. The van der Waals surface area contributed by atoms with Crippen molar-refractivity contribution in [2.75, 3.05) is 14.1 Å². The standard InChI is InChI=1S/C11H14ClNO2/c1-8(11(14)13(2)3)15-10-6-4-9(12)5-7-10/h4-8H,1-3H3/t8-/m0/s1. The van der Waals surface area contributed by atoms with Gasteiger partial charge in [0.05, 0.1) is 0 Å². The van der Waals surface area contributed by atoms with Crippen LogP contribution in [-0.4, -0.2) is 31.0 Å². The van der Waals surface area contributed by atoms with Gasteiger partial charge in [-0.1, -0.05) is 11.6 Å². The normalized spacial score (nSPS) is 12.0. The summed E-state index contributed by atoms with van der Waals surface area (Å²) in [6.07, 6.45) is -0.485. The monoisotopic (exact) mass is 227 g/mol. The Kier molecular flexibility index (Phi) is 3.97. The lowest BCUT2D eigenvalue weighted by Crippen LogP contribution is -2.35. The number of hydrogen-bond acceptors (Lipinski definition) is 2. The summed E-state index contributed by atoms with van der Waals surface area (Å²) >= 11 is 5.73. The minimum atomic E-state index is -0.485. The van der Waals surface area contributed by atoms with Gasteiger partial charge in [-0.2, -0.15) is 0 Å². The largest absolute Gasteiger partial charge is 0.481 e. The minimum Gasteiger partial charge on any atom is -0.481 e. The smallest absolute Gasteiger partial charge is 0.262 e. The highest BCUT2D eigenvalue weighted by atomic mass is 35.5. The molecule has 1 amide bonds. The van der Waals surface area contributed by atoms with Crippen LogP contribution in [0.25, 0.3) is 0 Å². The Bertz CT molecular complexity index is 335. The molecule has 0 bridgehead atoms. The van der Waals surface area contributed by atoms with E-state index in [2.05, 4.69) is 0 Å². The molecule has 1 aromatic carbocycles. The van der Waals surface area contributed by atoms with E-state index >= 15 is 0 Å². The summed E-state index contributed by atoms with van der Waals surface area (Å²) < 4.78 is 5.44. The van der Waals surface area contributed by atoms with Crippen molar-refractivity contribution in [3.05, 3.63) is 29.3 Å². The summed E-state index contributed by atoms with van der Waals surface area (Å²) in [6.45, 7) is 1.72. The van der Waals surface area contributed by atoms with Gasteiger partial charge in [0.15, 0.2) is 6.10 Å². The fourth-order valence-electron chi connectivity index (χ4n) is 1.13. The Morgan fingerprint density at radius 2 is 1.87 bits per heavy atom. The second-order valence-electron chi connectivity index (χ2n) is 3.45. The second-order valence-corrected chi connectivity index (χ2v) is 3.88. The number of carbonyl (C=O) groups is 1. The quantitative estimate of drug-likeness (QED) is 0.792. The maximum atomic E-state index is 11.5. The van der Waals surface area contributed by atoms with Crippen LogP contribution < -0.4 is 4.74 Å². The number of halogens is 1. The van der Waals surface area contributed by atoms with E-state index in [0.29, 0.717) is 10.8 Å². The van der Waals surface area contributed by atoms with Crippen molar-refractivity contribution in [1.82, 2.24) is 4.90 Å². The third-order valence-corrected chi connectivity index (χ3v) is 2.17. The summed E-state index contributed by atoms with van der Waals surface area (Å²) in [5.74, 6) is 0.576. The number of rotatable bonds is 3. The summed E-state index contributed by atoms with van der Waals surface area (Å²) in [5.41, 5.74) is 0. The fourth-order valence-corrected chi connectivity index (χ4v) is 1.26. The van der Waals surface area contributed by atoms with Crippen molar-refractivity contribution in [1.29, 1.82) is 0 Å². The van der Waals surface area contributed by atoms with E-state index in [-0.39, 0.29) is 5.91 Å². The van der Waals surface area contributed by atoms with Crippen molar-refractivity contribution >= 4 is 17.5 Å². The topological polar surface area (TPSA) is 29.5 Å². The number of ether oxygens (including phenoxy) is 1. The van der Waals surface area contributed by atoms with Gasteiger partial charge >= 0.3 is 0 Å². The summed E-state index contributed by atoms with van der Waals surface area (Å²) in [4.78, 5) is 13.0. The fraction of sp³-hybridized carbons (Fsp3) is 0.364. The molecule has 4 heteroatoms. The molecule has 0 aliphatic heterocycles. The lowest BCUT2D eigenvalue weighted by atomic mass is 10.3. The predicted octanol–water partition coefficient (Wildman–Crippen LogP) is 2.20. The van der Waals surface area contributed by atoms with Gasteiger partial charge in [0, 0.05) is 19.1 Å². The lowest BCUT2D eigenvalue weighted by molar-refractivity contribution is -0.135. The first-order valence-electron chi connectivity index (χ1n) is 4.64. The Morgan fingerprint density at radius 3 is 2.33 bits per heavy atom. The molecule has 0 saturated heterocycles. The van der Waals surface area contributed by atoms with Gasteiger partial charge in [0.2, 0.25) is 0 Å². The molecule has 0 aliphatic rings.